The molecule has 1 saturated heterocycles. The fourth-order valence-electron chi connectivity index (χ4n) is 2.16. The van der Waals surface area contributed by atoms with E-state index < -0.39 is 0 Å². The van der Waals surface area contributed by atoms with E-state index in [2.05, 4.69) is 15.7 Å². The zero-order valence-electron chi connectivity index (χ0n) is 10.7. The number of carbonyl (C=O) groups is 1. The summed E-state index contributed by atoms with van der Waals surface area (Å²) in [5.41, 5.74) is 1.04. The van der Waals surface area contributed by atoms with Gasteiger partial charge < -0.3 is 10.6 Å². The van der Waals surface area contributed by atoms with Crippen LogP contribution in [0.25, 0.3) is 0 Å². The predicted molar refractivity (Wildman–Crippen MR) is 72.6 cm³/mol. The van der Waals surface area contributed by atoms with Crippen molar-refractivity contribution in [3.05, 3.63) is 18.0 Å². The van der Waals surface area contributed by atoms with Crippen LogP contribution in [0.3, 0.4) is 0 Å². The molecule has 0 bridgehead atoms. The van der Waals surface area contributed by atoms with Gasteiger partial charge in [0.2, 0.25) is 5.91 Å². The number of hydrogen-bond donors (Lipinski definition) is 2. The Labute approximate surface area is 114 Å². The maximum atomic E-state index is 11.6. The molecule has 0 aromatic carbocycles. The molecule has 102 valence electrons. The molecule has 0 spiro atoms. The fourth-order valence-corrected chi connectivity index (χ4v) is 2.16. The maximum Gasteiger partial charge on any atom is 0.220 e. The quantitative estimate of drug-likeness (QED) is 0.840. The zero-order chi connectivity index (χ0) is 12.1. The van der Waals surface area contributed by atoms with Crippen LogP contribution in [0.2, 0.25) is 0 Å². The van der Waals surface area contributed by atoms with Gasteiger partial charge in [0, 0.05) is 37.8 Å². The van der Waals surface area contributed by atoms with Crippen LogP contribution in [0.5, 0.6) is 0 Å². The Morgan fingerprint density at radius 2 is 2.50 bits per heavy atom. The summed E-state index contributed by atoms with van der Waals surface area (Å²) < 4.78 is 1.74. The highest BCUT2D eigenvalue weighted by Crippen LogP contribution is 2.10. The first kappa shape index (κ1) is 15.0. The number of aromatic nitrogens is 2. The molecule has 0 aliphatic carbocycles. The first-order valence-corrected chi connectivity index (χ1v) is 6.21. The second kappa shape index (κ2) is 7.38. The van der Waals surface area contributed by atoms with Crippen LogP contribution in [0.4, 0.5) is 0 Å². The van der Waals surface area contributed by atoms with Crippen LogP contribution < -0.4 is 10.6 Å². The third kappa shape index (κ3) is 4.66. The number of carbonyl (C=O) groups excluding carboxylic acids is 1. The van der Waals surface area contributed by atoms with E-state index in [9.17, 15) is 4.79 Å². The lowest BCUT2D eigenvalue weighted by molar-refractivity contribution is -0.121. The van der Waals surface area contributed by atoms with Gasteiger partial charge in [0.1, 0.15) is 0 Å². The highest BCUT2D eigenvalue weighted by molar-refractivity contribution is 5.85. The van der Waals surface area contributed by atoms with Gasteiger partial charge in [-0.05, 0) is 25.8 Å². The van der Waals surface area contributed by atoms with Crippen molar-refractivity contribution in [3.8, 4) is 0 Å². The molecule has 18 heavy (non-hydrogen) atoms. The number of amides is 1. The zero-order valence-corrected chi connectivity index (χ0v) is 11.5. The van der Waals surface area contributed by atoms with Gasteiger partial charge in [-0.15, -0.1) is 12.4 Å². The third-order valence-corrected chi connectivity index (χ3v) is 3.13. The van der Waals surface area contributed by atoms with Crippen molar-refractivity contribution in [3.63, 3.8) is 0 Å². The molecule has 1 atom stereocenters. The predicted octanol–water partition coefficient (Wildman–Crippen LogP) is 0.990. The van der Waals surface area contributed by atoms with E-state index >= 15 is 0 Å². The molecule has 6 heteroatoms. The van der Waals surface area contributed by atoms with Crippen molar-refractivity contribution in [1.82, 2.24) is 20.4 Å². The van der Waals surface area contributed by atoms with Gasteiger partial charge in [-0.25, -0.2) is 0 Å². The van der Waals surface area contributed by atoms with Crippen molar-refractivity contribution in [2.24, 2.45) is 7.05 Å². The minimum absolute atomic E-state index is 0. The van der Waals surface area contributed by atoms with Crippen LogP contribution in [0, 0.1) is 0 Å². The number of hydrogen-bond acceptors (Lipinski definition) is 3. The minimum atomic E-state index is 0. The third-order valence-electron chi connectivity index (χ3n) is 3.13. The van der Waals surface area contributed by atoms with Gasteiger partial charge in [0.25, 0.3) is 0 Å². The molecule has 1 aliphatic rings. The summed E-state index contributed by atoms with van der Waals surface area (Å²) in [6.45, 7) is 1.67. The second-order valence-electron chi connectivity index (χ2n) is 4.63. The number of nitrogens with one attached hydrogen (secondary N) is 2. The molecule has 1 fully saturated rings. The summed E-state index contributed by atoms with van der Waals surface area (Å²) in [6, 6.07) is 0.541. The van der Waals surface area contributed by atoms with Crippen LogP contribution in [-0.4, -0.2) is 28.3 Å². The summed E-state index contributed by atoms with van der Waals surface area (Å²) in [4.78, 5) is 11.6. The Balaban J connectivity index is 0.00000162. The lowest BCUT2D eigenvalue weighted by atomic mass is 10.1. The molecule has 1 amide bonds. The molecule has 0 radical (unpaired) electrons. The molecule has 2 N–H and O–H groups in total. The molecule has 5 nitrogen and oxygen atoms in total. The Bertz CT molecular complexity index is 374. The Morgan fingerprint density at radius 3 is 3.11 bits per heavy atom. The number of aryl methyl sites for hydroxylation is 1. The summed E-state index contributed by atoms with van der Waals surface area (Å²) >= 11 is 0. The fraction of sp³-hybridized carbons (Fsp3) is 0.667. The van der Waals surface area contributed by atoms with Crippen LogP contribution in [0.15, 0.2) is 12.4 Å². The van der Waals surface area contributed by atoms with Gasteiger partial charge in [-0.2, -0.15) is 5.10 Å². The van der Waals surface area contributed by atoms with Gasteiger partial charge in [-0.3, -0.25) is 9.48 Å². The molecule has 0 saturated carbocycles. The Kier molecular flexibility index (Phi) is 6.15. The van der Waals surface area contributed by atoms with Crippen LogP contribution in [-0.2, 0) is 18.4 Å². The van der Waals surface area contributed by atoms with E-state index in [1.807, 2.05) is 13.2 Å². The molecule has 2 rings (SSSR count). The first-order chi connectivity index (χ1) is 8.24. The normalized spacial score (nSPS) is 18.4. The number of rotatable bonds is 5. The maximum absolute atomic E-state index is 11.6. The average Bonchev–Trinajstić information content (AvgIpc) is 2.95. The lowest BCUT2D eigenvalue weighted by Crippen LogP contribution is -2.27. The largest absolute Gasteiger partial charge is 0.352 e. The molecule has 1 aromatic rings. The monoisotopic (exact) mass is 272 g/mol. The first-order valence-electron chi connectivity index (χ1n) is 6.21. The van der Waals surface area contributed by atoms with Crippen molar-refractivity contribution in [1.29, 1.82) is 0 Å². The SMILES string of the molecule is Cl.Cn1cc(CNC(=O)CCC2CCCN2)cn1. The summed E-state index contributed by atoms with van der Waals surface area (Å²) in [5.74, 6) is 0.127. The highest BCUT2D eigenvalue weighted by atomic mass is 35.5. The van der Waals surface area contributed by atoms with Gasteiger partial charge >= 0.3 is 0 Å². The molecule has 1 unspecified atom stereocenters. The summed E-state index contributed by atoms with van der Waals surface area (Å²) in [7, 11) is 1.87. The number of nitrogens with zero attached hydrogens (tertiary/aromatic N) is 2. The van der Waals surface area contributed by atoms with Crippen LogP contribution >= 0.6 is 12.4 Å². The van der Waals surface area contributed by atoms with E-state index in [-0.39, 0.29) is 18.3 Å². The molecular weight excluding hydrogens is 252 g/mol. The Hall–Kier alpha value is -1.07. The second-order valence-corrected chi connectivity index (χ2v) is 4.63. The molecule has 2 heterocycles. The van der Waals surface area contributed by atoms with Crippen molar-refractivity contribution in [2.75, 3.05) is 6.54 Å². The van der Waals surface area contributed by atoms with E-state index in [0.29, 0.717) is 19.0 Å². The molecular formula is C12H21ClN4O. The van der Waals surface area contributed by atoms with E-state index in [0.717, 1.165) is 18.5 Å². The topological polar surface area (TPSA) is 59.0 Å². The van der Waals surface area contributed by atoms with Crippen molar-refractivity contribution < 1.29 is 4.79 Å². The smallest absolute Gasteiger partial charge is 0.220 e. The lowest BCUT2D eigenvalue weighted by Gasteiger charge is -2.09. The van der Waals surface area contributed by atoms with Gasteiger partial charge in [0.15, 0.2) is 0 Å². The van der Waals surface area contributed by atoms with Crippen molar-refractivity contribution in [2.45, 2.75) is 38.3 Å². The average molecular weight is 273 g/mol. The van der Waals surface area contributed by atoms with Gasteiger partial charge in [-0.1, -0.05) is 0 Å². The highest BCUT2D eigenvalue weighted by Gasteiger charge is 2.14. The molecule has 1 aliphatic heterocycles. The Morgan fingerprint density at radius 1 is 1.67 bits per heavy atom. The van der Waals surface area contributed by atoms with E-state index in [1.165, 1.54) is 12.8 Å². The molecule has 1 aromatic heterocycles. The van der Waals surface area contributed by atoms with Crippen molar-refractivity contribution >= 4 is 18.3 Å². The minimum Gasteiger partial charge on any atom is -0.352 e. The number of halogens is 1. The van der Waals surface area contributed by atoms with E-state index in [1.54, 1.807) is 10.9 Å². The van der Waals surface area contributed by atoms with Crippen LogP contribution in [0.1, 0.15) is 31.2 Å². The summed E-state index contributed by atoms with van der Waals surface area (Å²) in [6.07, 6.45) is 7.69. The standard InChI is InChI=1S/C12H20N4O.ClH/c1-16-9-10(8-15-16)7-14-12(17)5-4-11-3-2-6-13-11;/h8-9,11,13H,2-7H2,1H3,(H,14,17);1H. The summed E-state index contributed by atoms with van der Waals surface area (Å²) in [5, 5.41) is 10.4. The van der Waals surface area contributed by atoms with Gasteiger partial charge in [0.05, 0.1) is 6.20 Å². The van der Waals surface area contributed by atoms with E-state index in [4.69, 9.17) is 0 Å².